The van der Waals surface area contributed by atoms with Crippen LogP contribution >= 0.6 is 0 Å². The Morgan fingerprint density at radius 1 is 0.489 bits per heavy atom. The third-order valence-corrected chi connectivity index (χ3v) is 8.74. The molecule has 1 aliphatic carbocycles. The zero-order valence-electron chi connectivity index (χ0n) is 24.4. The number of rotatable bonds is 4. The number of benzene rings is 6. The van der Waals surface area contributed by atoms with E-state index >= 15 is 0 Å². The van der Waals surface area contributed by atoms with Crippen LogP contribution < -0.4 is 0 Å². The summed E-state index contributed by atoms with van der Waals surface area (Å²) in [4.78, 5) is 15.0. The van der Waals surface area contributed by atoms with E-state index in [9.17, 15) is 0 Å². The van der Waals surface area contributed by atoms with E-state index in [2.05, 4.69) is 97.1 Å². The second-order valence-electron chi connectivity index (χ2n) is 11.5. The van der Waals surface area contributed by atoms with Crippen molar-refractivity contribution in [1.29, 1.82) is 0 Å². The Morgan fingerprint density at radius 3 is 2.13 bits per heavy atom. The lowest BCUT2D eigenvalue weighted by atomic mass is 9.92. The number of hydrogen-bond donors (Lipinski definition) is 0. The van der Waals surface area contributed by atoms with Crippen LogP contribution in [-0.2, 0) is 0 Å². The van der Waals surface area contributed by atoms with Crippen LogP contribution in [0, 0.1) is 0 Å². The van der Waals surface area contributed by atoms with Crippen LogP contribution in [0.15, 0.2) is 144 Å². The second kappa shape index (κ2) is 10.4. The van der Waals surface area contributed by atoms with Gasteiger partial charge in [0.2, 0.25) is 0 Å². The van der Waals surface area contributed by atoms with Crippen molar-refractivity contribution in [3.63, 3.8) is 0 Å². The molecular formula is C41H27N3O. The molecule has 1 aliphatic rings. The Balaban J connectivity index is 1.29. The van der Waals surface area contributed by atoms with Crippen molar-refractivity contribution < 1.29 is 4.42 Å². The fraction of sp³-hybridized carbons (Fsp3) is 0.0488. The zero-order chi connectivity index (χ0) is 29.7. The van der Waals surface area contributed by atoms with Crippen molar-refractivity contribution >= 4 is 49.1 Å². The van der Waals surface area contributed by atoms with Crippen LogP contribution in [-0.4, -0.2) is 15.0 Å². The van der Waals surface area contributed by atoms with Crippen molar-refractivity contribution in [2.45, 2.75) is 12.8 Å². The molecule has 6 aromatic carbocycles. The molecule has 8 aromatic rings. The lowest BCUT2D eigenvalue weighted by Crippen LogP contribution is -2.03. The summed E-state index contributed by atoms with van der Waals surface area (Å²) in [6.45, 7) is 0. The molecule has 0 fully saturated rings. The van der Waals surface area contributed by atoms with Gasteiger partial charge in [-0.25, -0.2) is 15.0 Å². The predicted molar refractivity (Wildman–Crippen MR) is 185 cm³/mol. The first kappa shape index (κ1) is 25.6. The molecule has 0 bridgehead atoms. The van der Waals surface area contributed by atoms with Gasteiger partial charge in [0.25, 0.3) is 0 Å². The summed E-state index contributed by atoms with van der Waals surface area (Å²) in [7, 11) is 0. The molecule has 0 atom stereocenters. The highest BCUT2D eigenvalue weighted by Crippen LogP contribution is 2.40. The Labute approximate surface area is 260 Å². The van der Waals surface area contributed by atoms with Crippen molar-refractivity contribution in [2.75, 3.05) is 0 Å². The maximum atomic E-state index is 6.43. The summed E-state index contributed by atoms with van der Waals surface area (Å²) >= 11 is 0. The molecular weight excluding hydrogens is 550 g/mol. The van der Waals surface area contributed by atoms with E-state index in [4.69, 9.17) is 19.4 Å². The highest BCUT2D eigenvalue weighted by atomic mass is 16.3. The lowest BCUT2D eigenvalue weighted by Gasteiger charge is -2.12. The van der Waals surface area contributed by atoms with Gasteiger partial charge in [0.05, 0.1) is 0 Å². The molecule has 2 aromatic heterocycles. The lowest BCUT2D eigenvalue weighted by molar-refractivity contribution is 0.669. The first-order valence-corrected chi connectivity index (χ1v) is 15.4. The molecule has 0 spiro atoms. The Hall–Kier alpha value is -5.87. The van der Waals surface area contributed by atoms with Crippen LogP contribution in [0.2, 0.25) is 0 Å². The fourth-order valence-corrected chi connectivity index (χ4v) is 6.59. The SMILES string of the molecule is C1=CC(c2nc(-c3ccccc3)nc(-c3cccc4oc5ccc(-c6cc7ccccc7c7ccccc67)cc5c34)n2)=CCC1. The van der Waals surface area contributed by atoms with Crippen LogP contribution in [0.5, 0.6) is 0 Å². The molecule has 0 aliphatic heterocycles. The van der Waals surface area contributed by atoms with Gasteiger partial charge in [0.1, 0.15) is 11.2 Å². The summed E-state index contributed by atoms with van der Waals surface area (Å²) in [5.41, 5.74) is 6.88. The summed E-state index contributed by atoms with van der Waals surface area (Å²) in [5.74, 6) is 1.97. The normalized spacial score (nSPS) is 13.2. The van der Waals surface area contributed by atoms with Gasteiger partial charge in [0, 0.05) is 27.5 Å². The summed E-state index contributed by atoms with van der Waals surface area (Å²) in [5, 5.41) is 7.00. The van der Waals surface area contributed by atoms with Crippen molar-refractivity contribution in [3.8, 4) is 33.9 Å². The minimum Gasteiger partial charge on any atom is -0.456 e. The second-order valence-corrected chi connectivity index (χ2v) is 11.5. The third-order valence-electron chi connectivity index (χ3n) is 8.74. The molecule has 45 heavy (non-hydrogen) atoms. The molecule has 0 radical (unpaired) electrons. The third kappa shape index (κ3) is 4.34. The molecule has 2 heterocycles. The minimum absolute atomic E-state index is 0.633. The maximum Gasteiger partial charge on any atom is 0.164 e. The number of furan rings is 1. The van der Waals surface area contributed by atoms with E-state index in [1.54, 1.807) is 0 Å². The minimum atomic E-state index is 0.633. The molecule has 0 saturated carbocycles. The van der Waals surface area contributed by atoms with E-state index in [0.29, 0.717) is 17.5 Å². The van der Waals surface area contributed by atoms with Crippen LogP contribution in [0.4, 0.5) is 0 Å². The topological polar surface area (TPSA) is 51.8 Å². The van der Waals surface area contributed by atoms with Gasteiger partial charge in [-0.05, 0) is 69.8 Å². The summed E-state index contributed by atoms with van der Waals surface area (Å²) in [6.07, 6.45) is 8.51. The predicted octanol–water partition coefficient (Wildman–Crippen LogP) is 10.8. The molecule has 0 saturated heterocycles. The smallest absolute Gasteiger partial charge is 0.164 e. The molecule has 4 nitrogen and oxygen atoms in total. The van der Waals surface area contributed by atoms with Crippen LogP contribution in [0.25, 0.3) is 83.0 Å². The Bertz CT molecular complexity index is 2490. The van der Waals surface area contributed by atoms with E-state index in [-0.39, 0.29) is 0 Å². The van der Waals surface area contributed by atoms with Crippen LogP contribution in [0.3, 0.4) is 0 Å². The van der Waals surface area contributed by atoms with Gasteiger partial charge in [-0.2, -0.15) is 0 Å². The molecule has 0 amide bonds. The first-order chi connectivity index (χ1) is 22.3. The molecule has 0 N–H and O–H groups in total. The van der Waals surface area contributed by atoms with Crippen molar-refractivity contribution in [3.05, 3.63) is 145 Å². The maximum absolute atomic E-state index is 6.43. The first-order valence-electron chi connectivity index (χ1n) is 15.4. The van der Waals surface area contributed by atoms with Crippen molar-refractivity contribution in [1.82, 2.24) is 15.0 Å². The summed E-state index contributed by atoms with van der Waals surface area (Å²) in [6, 6.07) is 42.3. The zero-order valence-corrected chi connectivity index (χ0v) is 24.4. The molecule has 212 valence electrons. The van der Waals surface area contributed by atoms with Gasteiger partial charge in [-0.1, -0.05) is 115 Å². The number of fused-ring (bicyclic) bond motifs is 6. The standard InChI is InChI=1S/C41H27N3O/c1-3-12-26(13-4-1)39-42-40(27-14-5-2-6-15-27)44-41(43-39)33-20-11-21-37-38(33)35-25-29(22-23-36(35)45-37)34-24-28-16-7-8-17-30(28)31-18-9-10-19-32(31)34/h1,3-5,7-25H,2,6H2. The van der Waals surface area contributed by atoms with Crippen LogP contribution in [0.1, 0.15) is 18.7 Å². The van der Waals surface area contributed by atoms with Gasteiger partial charge < -0.3 is 4.42 Å². The summed E-state index contributed by atoms with van der Waals surface area (Å²) < 4.78 is 6.43. The van der Waals surface area contributed by atoms with E-state index in [0.717, 1.165) is 57.0 Å². The fourth-order valence-electron chi connectivity index (χ4n) is 6.59. The molecule has 9 rings (SSSR count). The van der Waals surface area contributed by atoms with Gasteiger partial charge in [-0.15, -0.1) is 0 Å². The van der Waals surface area contributed by atoms with E-state index < -0.39 is 0 Å². The number of allylic oxidation sites excluding steroid dienone is 4. The monoisotopic (exact) mass is 577 g/mol. The van der Waals surface area contributed by atoms with E-state index in [1.165, 1.54) is 27.1 Å². The Morgan fingerprint density at radius 2 is 1.27 bits per heavy atom. The van der Waals surface area contributed by atoms with Gasteiger partial charge in [-0.3, -0.25) is 0 Å². The molecule has 0 unspecified atom stereocenters. The number of hydrogen-bond acceptors (Lipinski definition) is 4. The largest absolute Gasteiger partial charge is 0.456 e. The number of nitrogens with zero attached hydrogens (tertiary/aromatic N) is 3. The average molecular weight is 578 g/mol. The number of aromatic nitrogens is 3. The van der Waals surface area contributed by atoms with Crippen molar-refractivity contribution in [2.24, 2.45) is 0 Å². The van der Waals surface area contributed by atoms with Gasteiger partial charge in [0.15, 0.2) is 17.5 Å². The quantitative estimate of drug-likeness (QED) is 0.195. The Kier molecular flexibility index (Phi) is 5.91. The van der Waals surface area contributed by atoms with Gasteiger partial charge >= 0.3 is 0 Å². The average Bonchev–Trinajstić information content (AvgIpc) is 3.50. The molecule has 4 heteroatoms. The van der Waals surface area contributed by atoms with E-state index in [1.807, 2.05) is 42.5 Å². The highest BCUT2D eigenvalue weighted by Gasteiger charge is 2.19. The highest BCUT2D eigenvalue weighted by molar-refractivity contribution is 6.16.